The van der Waals surface area contributed by atoms with Gasteiger partial charge in [0, 0.05) is 15.6 Å². The zero-order chi connectivity index (χ0) is 20.3. The van der Waals surface area contributed by atoms with Crippen LogP contribution in [0.5, 0.6) is 0 Å². The molecule has 0 atom stereocenters. The monoisotopic (exact) mass is 456 g/mol. The molecule has 7 nitrogen and oxygen atoms in total. The lowest BCUT2D eigenvalue weighted by Crippen LogP contribution is -2.37. The molecule has 0 aliphatic carbocycles. The third-order valence-corrected chi connectivity index (χ3v) is 5.98. The number of benzene rings is 2. The molecule has 0 fully saturated rings. The second-order valence-electron chi connectivity index (χ2n) is 5.72. The van der Waals surface area contributed by atoms with E-state index in [9.17, 15) is 13.2 Å². The van der Waals surface area contributed by atoms with Crippen LogP contribution >= 0.6 is 34.5 Å². The number of hydrogen-bond acceptors (Lipinski definition) is 6. The third kappa shape index (κ3) is 5.20. The Kier molecular flexibility index (Phi) is 6.19. The van der Waals surface area contributed by atoms with Gasteiger partial charge < -0.3 is 0 Å². The zero-order valence-corrected chi connectivity index (χ0v) is 17.6. The van der Waals surface area contributed by atoms with Crippen LogP contribution in [0.25, 0.3) is 10.6 Å². The summed E-state index contributed by atoms with van der Waals surface area (Å²) in [6.07, 6.45) is 0.994. The third-order valence-electron chi connectivity index (χ3n) is 3.51. The quantitative estimate of drug-likeness (QED) is 0.606. The minimum atomic E-state index is -3.75. The molecular weight excluding hydrogens is 443 g/mol. The van der Waals surface area contributed by atoms with Crippen molar-refractivity contribution in [3.8, 4) is 10.6 Å². The van der Waals surface area contributed by atoms with E-state index in [0.29, 0.717) is 5.01 Å². The molecule has 0 bridgehead atoms. The molecule has 146 valence electrons. The van der Waals surface area contributed by atoms with Gasteiger partial charge in [-0.2, -0.15) is 0 Å². The number of anilines is 2. The maximum absolute atomic E-state index is 12.4. The van der Waals surface area contributed by atoms with Gasteiger partial charge in [0.1, 0.15) is 11.6 Å². The van der Waals surface area contributed by atoms with Crippen molar-refractivity contribution >= 4 is 61.3 Å². The molecule has 1 aromatic heterocycles. The molecule has 0 radical (unpaired) electrons. The highest BCUT2D eigenvalue weighted by Crippen LogP contribution is 2.28. The second-order valence-corrected chi connectivity index (χ2v) is 9.48. The maximum Gasteiger partial charge on any atom is 0.246 e. The molecule has 1 heterocycles. The average Bonchev–Trinajstić information content (AvgIpc) is 3.07. The van der Waals surface area contributed by atoms with E-state index in [1.165, 1.54) is 29.5 Å². The van der Waals surface area contributed by atoms with Crippen molar-refractivity contribution in [2.75, 3.05) is 22.4 Å². The Labute approximate surface area is 176 Å². The van der Waals surface area contributed by atoms with Gasteiger partial charge in [0.15, 0.2) is 0 Å². The van der Waals surface area contributed by atoms with Crippen LogP contribution in [-0.2, 0) is 14.8 Å². The fraction of sp³-hybridized carbons (Fsp3) is 0.118. The van der Waals surface area contributed by atoms with Crippen molar-refractivity contribution in [1.29, 1.82) is 0 Å². The Bertz CT molecular complexity index is 1080. The van der Waals surface area contributed by atoms with Crippen LogP contribution in [0, 0.1) is 0 Å². The number of nitrogens with zero attached hydrogens (tertiary/aromatic N) is 3. The molecule has 28 heavy (non-hydrogen) atoms. The van der Waals surface area contributed by atoms with E-state index < -0.39 is 22.5 Å². The first-order valence-electron chi connectivity index (χ1n) is 7.85. The number of carbonyl (C=O) groups is 1. The predicted molar refractivity (Wildman–Crippen MR) is 113 cm³/mol. The minimum absolute atomic E-state index is 0.192. The van der Waals surface area contributed by atoms with Crippen molar-refractivity contribution in [3.05, 3.63) is 58.6 Å². The Balaban J connectivity index is 1.77. The van der Waals surface area contributed by atoms with Crippen molar-refractivity contribution < 1.29 is 13.2 Å². The molecule has 1 N–H and O–H groups in total. The molecule has 2 aromatic carbocycles. The van der Waals surface area contributed by atoms with Gasteiger partial charge in [-0.3, -0.25) is 14.4 Å². The highest BCUT2D eigenvalue weighted by Gasteiger charge is 2.22. The summed E-state index contributed by atoms with van der Waals surface area (Å²) in [4.78, 5) is 12.4. The smallest absolute Gasteiger partial charge is 0.246 e. The molecule has 0 unspecified atom stereocenters. The SMILES string of the molecule is CS(=O)(=O)N(CC(=O)Nc1nnc(-c2ccccc2)s1)c1cc(Cl)cc(Cl)c1. The number of amides is 1. The van der Waals surface area contributed by atoms with E-state index >= 15 is 0 Å². The highest BCUT2D eigenvalue weighted by atomic mass is 35.5. The summed E-state index contributed by atoms with van der Waals surface area (Å²) in [7, 11) is -3.75. The number of aromatic nitrogens is 2. The fourth-order valence-electron chi connectivity index (χ4n) is 2.34. The summed E-state index contributed by atoms with van der Waals surface area (Å²) >= 11 is 13.1. The Morgan fingerprint density at radius 2 is 1.75 bits per heavy atom. The minimum Gasteiger partial charge on any atom is -0.299 e. The van der Waals surface area contributed by atoms with Gasteiger partial charge in [-0.1, -0.05) is 64.9 Å². The maximum atomic E-state index is 12.4. The van der Waals surface area contributed by atoms with Crippen LogP contribution < -0.4 is 9.62 Å². The molecule has 0 aliphatic rings. The average molecular weight is 457 g/mol. The van der Waals surface area contributed by atoms with Crippen molar-refractivity contribution in [1.82, 2.24) is 10.2 Å². The van der Waals surface area contributed by atoms with E-state index in [-0.39, 0.29) is 20.9 Å². The van der Waals surface area contributed by atoms with Gasteiger partial charge in [-0.25, -0.2) is 8.42 Å². The molecule has 0 saturated heterocycles. The summed E-state index contributed by atoms with van der Waals surface area (Å²) in [6, 6.07) is 13.7. The summed E-state index contributed by atoms with van der Waals surface area (Å²) in [5.74, 6) is -0.572. The first-order valence-corrected chi connectivity index (χ1v) is 11.3. The number of carbonyl (C=O) groups excluding carboxylic acids is 1. The lowest BCUT2D eigenvalue weighted by molar-refractivity contribution is -0.114. The lowest BCUT2D eigenvalue weighted by atomic mass is 10.2. The van der Waals surface area contributed by atoms with Gasteiger partial charge in [-0.05, 0) is 18.2 Å². The summed E-state index contributed by atoms with van der Waals surface area (Å²) < 4.78 is 25.2. The van der Waals surface area contributed by atoms with E-state index in [0.717, 1.165) is 16.1 Å². The molecule has 0 saturated carbocycles. The standard InChI is InChI=1S/C17H14Cl2N4O3S2/c1-28(25,26)23(14-8-12(18)7-13(19)9-14)10-15(24)20-17-22-21-16(27-17)11-5-3-2-4-6-11/h2-9H,10H2,1H3,(H,20,22,24). The van der Waals surface area contributed by atoms with E-state index in [1.54, 1.807) is 0 Å². The van der Waals surface area contributed by atoms with Crippen molar-refractivity contribution in [2.24, 2.45) is 0 Å². The van der Waals surface area contributed by atoms with E-state index in [4.69, 9.17) is 23.2 Å². The zero-order valence-electron chi connectivity index (χ0n) is 14.5. The van der Waals surface area contributed by atoms with Crippen LogP contribution in [0.3, 0.4) is 0 Å². The topological polar surface area (TPSA) is 92.3 Å². The summed E-state index contributed by atoms with van der Waals surface area (Å²) in [5, 5.41) is 11.9. The number of nitrogens with one attached hydrogen (secondary N) is 1. The van der Waals surface area contributed by atoms with Crippen LogP contribution in [0.15, 0.2) is 48.5 Å². The Morgan fingerprint density at radius 3 is 2.36 bits per heavy atom. The lowest BCUT2D eigenvalue weighted by Gasteiger charge is -2.22. The normalized spacial score (nSPS) is 11.2. The number of halogens is 2. The Morgan fingerprint density at radius 1 is 1.11 bits per heavy atom. The van der Waals surface area contributed by atoms with Crippen LogP contribution in [0.4, 0.5) is 10.8 Å². The first-order chi connectivity index (χ1) is 13.2. The number of sulfonamides is 1. The molecular formula is C17H14Cl2N4O3S2. The highest BCUT2D eigenvalue weighted by molar-refractivity contribution is 7.92. The molecule has 0 aliphatic heterocycles. The van der Waals surface area contributed by atoms with Crippen LogP contribution in [-0.4, -0.2) is 37.3 Å². The Hall–Kier alpha value is -2.20. The summed E-state index contributed by atoms with van der Waals surface area (Å²) in [6.45, 7) is -0.463. The van der Waals surface area contributed by atoms with E-state index in [1.807, 2.05) is 30.3 Å². The second kappa shape index (κ2) is 8.44. The van der Waals surface area contributed by atoms with Crippen LogP contribution in [0.1, 0.15) is 0 Å². The molecule has 1 amide bonds. The first kappa shape index (κ1) is 20.5. The van der Waals surface area contributed by atoms with Gasteiger partial charge in [0.25, 0.3) is 0 Å². The predicted octanol–water partition coefficient (Wildman–Crippen LogP) is 3.92. The number of rotatable bonds is 6. The number of hydrogen-bond donors (Lipinski definition) is 1. The summed E-state index contributed by atoms with van der Waals surface area (Å²) in [5.41, 5.74) is 1.06. The van der Waals surface area contributed by atoms with Gasteiger partial charge in [0.2, 0.25) is 21.1 Å². The molecule has 3 aromatic rings. The molecule has 3 rings (SSSR count). The van der Waals surface area contributed by atoms with Crippen molar-refractivity contribution in [3.63, 3.8) is 0 Å². The van der Waals surface area contributed by atoms with Gasteiger partial charge in [-0.15, -0.1) is 10.2 Å². The molecule has 11 heteroatoms. The molecule has 0 spiro atoms. The fourth-order valence-corrected chi connectivity index (χ4v) is 4.46. The van der Waals surface area contributed by atoms with Crippen LogP contribution in [0.2, 0.25) is 10.0 Å². The van der Waals surface area contributed by atoms with Gasteiger partial charge in [0.05, 0.1) is 11.9 Å². The van der Waals surface area contributed by atoms with Crippen molar-refractivity contribution in [2.45, 2.75) is 0 Å². The van der Waals surface area contributed by atoms with E-state index in [2.05, 4.69) is 15.5 Å². The largest absolute Gasteiger partial charge is 0.299 e. The van der Waals surface area contributed by atoms with Gasteiger partial charge >= 0.3 is 0 Å².